The molecule has 1 aromatic heterocycles. The molecular formula is C22H29N3O2S. The van der Waals surface area contributed by atoms with Gasteiger partial charge in [-0.3, -0.25) is 9.59 Å². The van der Waals surface area contributed by atoms with Crippen LogP contribution in [0.15, 0.2) is 41.8 Å². The first kappa shape index (κ1) is 20.6. The molecule has 2 heterocycles. The first-order chi connectivity index (χ1) is 13.5. The third kappa shape index (κ3) is 5.66. The van der Waals surface area contributed by atoms with Crippen molar-refractivity contribution in [2.75, 3.05) is 18.4 Å². The van der Waals surface area contributed by atoms with E-state index in [0.29, 0.717) is 30.1 Å². The molecule has 1 aliphatic heterocycles. The number of amides is 2. The number of nitrogens with two attached hydrogens (primary N) is 1. The normalized spacial score (nSPS) is 17.9. The van der Waals surface area contributed by atoms with Crippen LogP contribution in [-0.2, 0) is 11.2 Å². The molecule has 1 fully saturated rings. The van der Waals surface area contributed by atoms with E-state index < -0.39 is 0 Å². The van der Waals surface area contributed by atoms with E-state index in [4.69, 9.17) is 5.73 Å². The summed E-state index contributed by atoms with van der Waals surface area (Å²) in [7, 11) is 0. The van der Waals surface area contributed by atoms with Gasteiger partial charge in [-0.2, -0.15) is 0 Å². The average Bonchev–Trinajstić information content (AvgIpc) is 3.21. The second-order valence-corrected chi connectivity index (χ2v) is 8.61. The number of likely N-dealkylation sites (tertiary alicyclic amines) is 1. The highest BCUT2D eigenvalue weighted by Gasteiger charge is 2.26. The number of nitrogens with zero attached hydrogens (tertiary/aromatic N) is 1. The number of aryl methyl sites for hydroxylation is 1. The van der Waals surface area contributed by atoms with Crippen molar-refractivity contribution >= 4 is 28.8 Å². The van der Waals surface area contributed by atoms with Crippen LogP contribution in [0.3, 0.4) is 0 Å². The summed E-state index contributed by atoms with van der Waals surface area (Å²) in [4.78, 5) is 28.3. The van der Waals surface area contributed by atoms with Crippen LogP contribution in [0, 0.1) is 5.92 Å². The van der Waals surface area contributed by atoms with Crippen LogP contribution in [0.25, 0.3) is 0 Å². The number of piperidine rings is 1. The Hall–Kier alpha value is -2.18. The number of anilines is 1. The number of hydrogen-bond acceptors (Lipinski definition) is 4. The minimum Gasteiger partial charge on any atom is -0.338 e. The van der Waals surface area contributed by atoms with Crippen molar-refractivity contribution in [3.05, 3.63) is 52.2 Å². The molecule has 2 atom stereocenters. The summed E-state index contributed by atoms with van der Waals surface area (Å²) in [6.07, 6.45) is 4.26. The molecule has 1 saturated heterocycles. The zero-order valence-electron chi connectivity index (χ0n) is 16.4. The molecule has 3 N–H and O–H groups in total. The predicted molar refractivity (Wildman–Crippen MR) is 115 cm³/mol. The quantitative estimate of drug-likeness (QED) is 0.741. The Bertz CT molecular complexity index is 789. The van der Waals surface area contributed by atoms with Crippen LogP contribution in [0.2, 0.25) is 0 Å². The Morgan fingerprint density at radius 2 is 2.18 bits per heavy atom. The fourth-order valence-electron chi connectivity index (χ4n) is 3.64. The summed E-state index contributed by atoms with van der Waals surface area (Å²) in [5, 5.41) is 4.97. The van der Waals surface area contributed by atoms with Gasteiger partial charge in [0.25, 0.3) is 5.91 Å². The summed E-state index contributed by atoms with van der Waals surface area (Å²) in [5.74, 6) is 0.347. The summed E-state index contributed by atoms with van der Waals surface area (Å²) in [6.45, 7) is 3.48. The number of carbonyl (C=O) groups excluding carboxylic acids is 2. The molecule has 5 nitrogen and oxygen atoms in total. The van der Waals surface area contributed by atoms with E-state index >= 15 is 0 Å². The summed E-state index contributed by atoms with van der Waals surface area (Å²) in [5.41, 5.74) is 7.32. The highest BCUT2D eigenvalue weighted by molar-refractivity contribution is 7.09. The number of rotatable bonds is 7. The molecule has 2 unspecified atom stereocenters. The van der Waals surface area contributed by atoms with Gasteiger partial charge in [0.05, 0.1) is 0 Å². The molecule has 0 bridgehead atoms. The molecule has 0 aliphatic carbocycles. The molecular weight excluding hydrogens is 370 g/mol. The summed E-state index contributed by atoms with van der Waals surface area (Å²) in [6, 6.07) is 11.4. The van der Waals surface area contributed by atoms with Gasteiger partial charge in [-0.15, -0.1) is 11.3 Å². The van der Waals surface area contributed by atoms with E-state index in [0.717, 1.165) is 32.2 Å². The van der Waals surface area contributed by atoms with Crippen LogP contribution in [0.1, 0.15) is 47.8 Å². The van der Waals surface area contributed by atoms with Gasteiger partial charge < -0.3 is 16.0 Å². The molecule has 6 heteroatoms. The molecule has 0 spiro atoms. The molecule has 2 amide bonds. The van der Waals surface area contributed by atoms with E-state index in [-0.39, 0.29) is 17.9 Å². The molecule has 1 aliphatic rings. The molecule has 1 aromatic carbocycles. The Morgan fingerprint density at radius 3 is 2.93 bits per heavy atom. The molecule has 0 saturated carbocycles. The number of carbonyl (C=O) groups is 2. The fraction of sp³-hybridized carbons (Fsp3) is 0.455. The Kier molecular flexibility index (Phi) is 7.23. The second-order valence-electron chi connectivity index (χ2n) is 7.57. The Balaban J connectivity index is 1.54. The fourth-order valence-corrected chi connectivity index (χ4v) is 4.39. The van der Waals surface area contributed by atoms with Crippen LogP contribution in [-0.4, -0.2) is 35.8 Å². The molecule has 0 radical (unpaired) electrons. The Morgan fingerprint density at radius 1 is 1.32 bits per heavy atom. The van der Waals surface area contributed by atoms with Crippen LogP contribution in [0.4, 0.5) is 5.69 Å². The minimum absolute atomic E-state index is 0.0131. The first-order valence-electron chi connectivity index (χ1n) is 10.00. The molecule has 150 valence electrons. The standard InChI is InChI=1S/C22H29N3O2S/c1-16(23)18-7-4-12-25(15-18)22(27)17-6-2-8-19(14-17)24-21(26)11-3-9-20-10-5-13-28-20/h2,5-6,8,10,13-14,16,18H,3-4,7,9,11-12,15,23H2,1H3,(H,24,26). The SMILES string of the molecule is CC(N)C1CCCN(C(=O)c2cccc(NC(=O)CCCc3cccs3)c2)C1. The van der Waals surface area contributed by atoms with Gasteiger partial charge in [0.15, 0.2) is 0 Å². The van der Waals surface area contributed by atoms with Crippen molar-refractivity contribution in [3.63, 3.8) is 0 Å². The number of nitrogens with one attached hydrogen (secondary N) is 1. The predicted octanol–water partition coefficient (Wildman–Crippen LogP) is 3.91. The highest BCUT2D eigenvalue weighted by Crippen LogP contribution is 2.22. The summed E-state index contributed by atoms with van der Waals surface area (Å²) >= 11 is 1.72. The van der Waals surface area contributed by atoms with E-state index in [1.165, 1.54) is 4.88 Å². The van der Waals surface area contributed by atoms with Crippen LogP contribution >= 0.6 is 11.3 Å². The number of hydrogen-bond donors (Lipinski definition) is 2. The van der Waals surface area contributed by atoms with E-state index in [1.54, 1.807) is 17.4 Å². The van der Waals surface area contributed by atoms with E-state index in [1.807, 2.05) is 36.1 Å². The zero-order chi connectivity index (χ0) is 19.9. The van der Waals surface area contributed by atoms with Gasteiger partial charge in [0.1, 0.15) is 0 Å². The van der Waals surface area contributed by atoms with Gasteiger partial charge >= 0.3 is 0 Å². The minimum atomic E-state index is -0.0175. The third-order valence-corrected chi connectivity index (χ3v) is 6.23. The smallest absolute Gasteiger partial charge is 0.253 e. The maximum absolute atomic E-state index is 12.9. The maximum atomic E-state index is 12.9. The zero-order valence-corrected chi connectivity index (χ0v) is 17.2. The average molecular weight is 400 g/mol. The lowest BCUT2D eigenvalue weighted by molar-refractivity contribution is -0.116. The van der Waals surface area contributed by atoms with Crippen molar-refractivity contribution in [2.24, 2.45) is 11.7 Å². The number of benzene rings is 1. The second kappa shape index (κ2) is 9.85. The van der Waals surface area contributed by atoms with Gasteiger partial charge in [0.2, 0.25) is 5.91 Å². The lowest BCUT2D eigenvalue weighted by Gasteiger charge is -2.34. The first-order valence-corrected chi connectivity index (χ1v) is 10.9. The number of thiophene rings is 1. The lowest BCUT2D eigenvalue weighted by Crippen LogP contribution is -2.45. The maximum Gasteiger partial charge on any atom is 0.253 e. The molecule has 2 aromatic rings. The monoisotopic (exact) mass is 399 g/mol. The largest absolute Gasteiger partial charge is 0.338 e. The van der Waals surface area contributed by atoms with Gasteiger partial charge in [-0.05, 0) is 68.2 Å². The molecule has 3 rings (SSSR count). The van der Waals surface area contributed by atoms with E-state index in [2.05, 4.69) is 16.8 Å². The van der Waals surface area contributed by atoms with Crippen molar-refractivity contribution in [1.82, 2.24) is 4.90 Å². The van der Waals surface area contributed by atoms with Gasteiger partial charge in [0, 0.05) is 41.7 Å². The molecule has 28 heavy (non-hydrogen) atoms. The van der Waals surface area contributed by atoms with Gasteiger partial charge in [-0.1, -0.05) is 12.1 Å². The third-order valence-electron chi connectivity index (χ3n) is 5.29. The van der Waals surface area contributed by atoms with Crippen molar-refractivity contribution in [3.8, 4) is 0 Å². The van der Waals surface area contributed by atoms with Crippen molar-refractivity contribution in [2.45, 2.75) is 45.1 Å². The Labute approximate surface area is 170 Å². The van der Waals surface area contributed by atoms with Crippen LogP contribution < -0.4 is 11.1 Å². The highest BCUT2D eigenvalue weighted by atomic mass is 32.1. The topological polar surface area (TPSA) is 75.4 Å². The van der Waals surface area contributed by atoms with Crippen molar-refractivity contribution < 1.29 is 9.59 Å². The van der Waals surface area contributed by atoms with E-state index in [9.17, 15) is 9.59 Å². The summed E-state index contributed by atoms with van der Waals surface area (Å²) < 4.78 is 0. The van der Waals surface area contributed by atoms with Gasteiger partial charge in [-0.25, -0.2) is 0 Å². The van der Waals surface area contributed by atoms with Crippen LogP contribution in [0.5, 0.6) is 0 Å². The van der Waals surface area contributed by atoms with Crippen molar-refractivity contribution in [1.29, 1.82) is 0 Å². The lowest BCUT2D eigenvalue weighted by atomic mass is 9.92.